The van der Waals surface area contributed by atoms with E-state index in [1.165, 1.54) is 41.6 Å². The smallest absolute Gasteiger partial charge is 0.262 e. The molecular weight excluding hydrogens is 622 g/mol. The minimum absolute atomic E-state index is 0. The molecular formula is C35H34IN2OP. The van der Waals surface area contributed by atoms with Gasteiger partial charge in [-0.1, -0.05) is 97.8 Å². The fourth-order valence-corrected chi connectivity index (χ4v) is 9.80. The number of oxazole rings is 1. The highest BCUT2D eigenvalue weighted by Crippen LogP contribution is 2.56. The molecule has 0 amide bonds. The topological polar surface area (TPSA) is 29.3 Å². The van der Waals surface area contributed by atoms with Gasteiger partial charge in [0.1, 0.15) is 15.9 Å². The SMILES string of the molecule is C(=C/c1nc([P+](c2ccccc2)(c2ccccc2)c2ccccc2)c(N2CCCCCC2)o1)/c1ccccc1.[I-]. The van der Waals surface area contributed by atoms with Crippen molar-refractivity contribution in [1.82, 2.24) is 4.98 Å². The van der Waals surface area contributed by atoms with Crippen LogP contribution in [-0.2, 0) is 0 Å². The molecule has 2 heterocycles. The number of hydrogen-bond donors (Lipinski definition) is 0. The van der Waals surface area contributed by atoms with Gasteiger partial charge in [-0.25, -0.2) is 0 Å². The summed E-state index contributed by atoms with van der Waals surface area (Å²) >= 11 is 0. The molecule has 5 aromatic rings. The van der Waals surface area contributed by atoms with Crippen LogP contribution in [0.1, 0.15) is 37.1 Å². The van der Waals surface area contributed by atoms with Crippen LogP contribution < -0.4 is 50.2 Å². The van der Waals surface area contributed by atoms with E-state index in [1.54, 1.807) is 0 Å². The highest BCUT2D eigenvalue weighted by atomic mass is 127. The minimum atomic E-state index is -2.38. The highest BCUT2D eigenvalue weighted by molar-refractivity contribution is 8.01. The van der Waals surface area contributed by atoms with Gasteiger partial charge in [0.05, 0.1) is 0 Å². The third kappa shape index (κ3) is 5.80. The predicted molar refractivity (Wildman–Crippen MR) is 167 cm³/mol. The number of nitrogens with zero attached hydrogens (tertiary/aromatic N) is 2. The van der Waals surface area contributed by atoms with Crippen LogP contribution in [0, 0.1) is 0 Å². The van der Waals surface area contributed by atoms with Crippen LogP contribution in [0.4, 0.5) is 5.88 Å². The van der Waals surface area contributed by atoms with E-state index >= 15 is 0 Å². The number of halogens is 1. The van der Waals surface area contributed by atoms with Crippen LogP contribution in [-0.4, -0.2) is 18.1 Å². The van der Waals surface area contributed by atoms with Gasteiger partial charge < -0.3 is 33.3 Å². The van der Waals surface area contributed by atoms with Crippen molar-refractivity contribution in [3.05, 3.63) is 133 Å². The Morgan fingerprint density at radius 3 is 1.50 bits per heavy atom. The molecule has 1 fully saturated rings. The minimum Gasteiger partial charge on any atom is -1.00 e. The van der Waals surface area contributed by atoms with Crippen molar-refractivity contribution in [1.29, 1.82) is 0 Å². The van der Waals surface area contributed by atoms with Crippen LogP contribution in [0.15, 0.2) is 126 Å². The van der Waals surface area contributed by atoms with Gasteiger partial charge in [0, 0.05) is 19.2 Å². The molecule has 6 rings (SSSR count). The van der Waals surface area contributed by atoms with E-state index < -0.39 is 7.26 Å². The maximum absolute atomic E-state index is 6.76. The molecule has 1 aliphatic heterocycles. The van der Waals surface area contributed by atoms with Crippen molar-refractivity contribution in [2.24, 2.45) is 0 Å². The highest BCUT2D eigenvalue weighted by Gasteiger charge is 2.53. The Balaban J connectivity index is 0.00000323. The summed E-state index contributed by atoms with van der Waals surface area (Å²) in [6.45, 7) is 1.98. The zero-order valence-electron chi connectivity index (χ0n) is 22.6. The lowest BCUT2D eigenvalue weighted by atomic mass is 10.2. The van der Waals surface area contributed by atoms with E-state index in [-0.39, 0.29) is 24.0 Å². The van der Waals surface area contributed by atoms with Crippen molar-refractivity contribution in [3.63, 3.8) is 0 Å². The molecule has 0 spiro atoms. The van der Waals surface area contributed by atoms with Crippen molar-refractivity contribution in [3.8, 4) is 0 Å². The second kappa shape index (κ2) is 13.4. The number of aromatic nitrogens is 1. The average molecular weight is 657 g/mol. The Bertz CT molecular complexity index is 1400. The first kappa shape index (κ1) is 28.3. The maximum Gasteiger partial charge on any atom is 0.262 e. The van der Waals surface area contributed by atoms with Crippen LogP contribution in [0.5, 0.6) is 0 Å². The van der Waals surface area contributed by atoms with Gasteiger partial charge >= 0.3 is 0 Å². The second-order valence-corrected chi connectivity index (χ2v) is 13.3. The second-order valence-electron chi connectivity index (χ2n) is 10.0. The molecule has 0 saturated carbocycles. The zero-order valence-corrected chi connectivity index (χ0v) is 25.6. The molecule has 0 bridgehead atoms. The number of benzene rings is 4. The Morgan fingerprint density at radius 1 is 0.575 bits per heavy atom. The van der Waals surface area contributed by atoms with Gasteiger partial charge in [0.25, 0.3) is 11.3 Å². The normalized spacial score (nSPS) is 14.1. The standard InChI is InChI=1S/C35H34N2OP.HI/c1-2-16-28-37(27-15-1)35-34(36-33(38-35)26-25-29-17-7-3-8-18-29)39(30-19-9-4-10-20-30,31-21-11-5-12-22-31)32-23-13-6-14-24-32;/h3-14,17-26H,1-2,15-16,27-28H2;1H/q+1;/p-1/b26-25-;. The summed E-state index contributed by atoms with van der Waals surface area (Å²) in [5.74, 6) is 1.58. The molecule has 1 aromatic heterocycles. The molecule has 202 valence electrons. The van der Waals surface area contributed by atoms with Crippen molar-refractivity contribution in [2.45, 2.75) is 25.7 Å². The quantitative estimate of drug-likeness (QED) is 0.197. The van der Waals surface area contributed by atoms with Crippen LogP contribution in [0.2, 0.25) is 0 Å². The largest absolute Gasteiger partial charge is 1.00 e. The Morgan fingerprint density at radius 2 is 1.02 bits per heavy atom. The summed E-state index contributed by atoms with van der Waals surface area (Å²) in [4.78, 5) is 7.84. The van der Waals surface area contributed by atoms with E-state index in [9.17, 15) is 0 Å². The summed E-state index contributed by atoms with van der Waals surface area (Å²) in [5, 5.41) is 3.85. The third-order valence-electron chi connectivity index (χ3n) is 7.47. The molecule has 40 heavy (non-hydrogen) atoms. The first-order valence-corrected chi connectivity index (χ1v) is 15.7. The first-order valence-electron chi connectivity index (χ1n) is 13.9. The molecule has 5 heteroatoms. The Kier molecular flexibility index (Phi) is 9.51. The average Bonchev–Trinajstić information content (AvgIpc) is 3.24. The van der Waals surface area contributed by atoms with E-state index in [0.717, 1.165) is 30.0 Å². The fourth-order valence-electron chi connectivity index (χ4n) is 5.59. The summed E-state index contributed by atoms with van der Waals surface area (Å²) in [7, 11) is -2.38. The molecule has 4 aromatic carbocycles. The van der Waals surface area contributed by atoms with Crippen LogP contribution in [0.25, 0.3) is 12.2 Å². The number of rotatable bonds is 7. The fraction of sp³-hybridized carbons (Fsp3) is 0.171. The summed E-state index contributed by atoms with van der Waals surface area (Å²) in [5.41, 5.74) is 2.18. The molecule has 1 aliphatic rings. The van der Waals surface area contributed by atoms with Gasteiger partial charge in [-0.15, -0.1) is 0 Å². The molecule has 0 N–H and O–H groups in total. The predicted octanol–water partition coefficient (Wildman–Crippen LogP) is 3.85. The first-order chi connectivity index (χ1) is 19.4. The monoisotopic (exact) mass is 656 g/mol. The van der Waals surface area contributed by atoms with Gasteiger partial charge in [0.15, 0.2) is 7.26 Å². The molecule has 1 saturated heterocycles. The lowest BCUT2D eigenvalue weighted by Gasteiger charge is -2.28. The van der Waals surface area contributed by atoms with Crippen molar-refractivity contribution < 1.29 is 28.4 Å². The van der Waals surface area contributed by atoms with Gasteiger partial charge in [0.2, 0.25) is 5.89 Å². The lowest BCUT2D eigenvalue weighted by molar-refractivity contribution is -0.00000809. The third-order valence-corrected chi connectivity index (χ3v) is 11.6. The Hall–Kier alpha value is -3.21. The van der Waals surface area contributed by atoms with Gasteiger partial charge in [-0.05, 0) is 60.9 Å². The molecule has 0 aliphatic carbocycles. The molecule has 0 unspecified atom stereocenters. The number of anilines is 1. The summed E-state index contributed by atoms with van der Waals surface area (Å²) in [6, 6.07) is 43.2. The summed E-state index contributed by atoms with van der Waals surface area (Å²) < 4.78 is 6.76. The van der Waals surface area contributed by atoms with Gasteiger partial charge in [-0.2, -0.15) is 4.98 Å². The molecule has 3 nitrogen and oxygen atoms in total. The molecule has 0 radical (unpaired) electrons. The number of hydrogen-bond acceptors (Lipinski definition) is 3. The zero-order chi connectivity index (χ0) is 26.3. The van der Waals surface area contributed by atoms with Crippen LogP contribution in [0.3, 0.4) is 0 Å². The Labute approximate surface area is 255 Å². The van der Waals surface area contributed by atoms with E-state index in [1.807, 2.05) is 12.1 Å². The van der Waals surface area contributed by atoms with E-state index in [0.29, 0.717) is 5.89 Å². The van der Waals surface area contributed by atoms with Gasteiger partial charge in [-0.3, -0.25) is 0 Å². The van der Waals surface area contributed by atoms with Crippen molar-refractivity contribution in [2.75, 3.05) is 18.0 Å². The lowest BCUT2D eigenvalue weighted by Crippen LogP contribution is -3.00. The molecule has 0 atom stereocenters. The van der Waals surface area contributed by atoms with E-state index in [2.05, 4.69) is 126 Å². The van der Waals surface area contributed by atoms with E-state index in [4.69, 9.17) is 9.40 Å². The summed E-state index contributed by atoms with van der Waals surface area (Å²) in [6.07, 6.45) is 8.98. The van der Waals surface area contributed by atoms with Crippen molar-refractivity contribution >= 4 is 46.6 Å². The van der Waals surface area contributed by atoms with Crippen LogP contribution >= 0.6 is 7.26 Å². The maximum atomic E-state index is 6.76.